The van der Waals surface area contributed by atoms with E-state index >= 15 is 0 Å². The Hall–Kier alpha value is -2.50. The SMILES string of the molecule is COC(=O)c1ccc(Cn2ccncc2=O)cc1F. The summed E-state index contributed by atoms with van der Waals surface area (Å²) in [6.45, 7) is 0.208. The number of esters is 1. The molecule has 2 aromatic rings. The average Bonchev–Trinajstić information content (AvgIpc) is 2.41. The zero-order valence-corrected chi connectivity index (χ0v) is 10.2. The standard InChI is InChI=1S/C13H11FN2O3/c1-19-13(18)10-3-2-9(6-11(10)14)8-16-5-4-15-7-12(16)17/h2-7H,8H2,1H3. The average molecular weight is 262 g/mol. The van der Waals surface area contributed by atoms with Crippen molar-refractivity contribution in [1.82, 2.24) is 9.55 Å². The third-order valence-electron chi connectivity index (χ3n) is 2.59. The Kier molecular flexibility index (Phi) is 3.70. The van der Waals surface area contributed by atoms with Crippen LogP contribution < -0.4 is 5.56 Å². The van der Waals surface area contributed by atoms with Gasteiger partial charge in [0.1, 0.15) is 5.82 Å². The van der Waals surface area contributed by atoms with E-state index < -0.39 is 11.8 Å². The maximum atomic E-state index is 13.7. The molecule has 0 saturated heterocycles. The van der Waals surface area contributed by atoms with E-state index in [1.54, 1.807) is 6.07 Å². The van der Waals surface area contributed by atoms with E-state index in [0.29, 0.717) is 5.56 Å². The summed E-state index contributed by atoms with van der Waals surface area (Å²) in [7, 11) is 1.19. The van der Waals surface area contributed by atoms with Crippen LogP contribution in [0.1, 0.15) is 15.9 Å². The van der Waals surface area contributed by atoms with Crippen LogP contribution >= 0.6 is 0 Å². The van der Waals surface area contributed by atoms with Crippen LogP contribution in [-0.4, -0.2) is 22.6 Å². The molecule has 0 aliphatic carbocycles. The lowest BCUT2D eigenvalue weighted by Gasteiger charge is -2.07. The second-order valence-electron chi connectivity index (χ2n) is 3.85. The lowest BCUT2D eigenvalue weighted by molar-refractivity contribution is 0.0595. The highest BCUT2D eigenvalue weighted by atomic mass is 19.1. The fourth-order valence-electron chi connectivity index (χ4n) is 1.63. The van der Waals surface area contributed by atoms with Gasteiger partial charge in [0, 0.05) is 12.4 Å². The molecule has 98 valence electrons. The van der Waals surface area contributed by atoms with E-state index in [1.807, 2.05) is 0 Å². The summed E-state index contributed by atoms with van der Waals surface area (Å²) >= 11 is 0. The lowest BCUT2D eigenvalue weighted by atomic mass is 10.1. The van der Waals surface area contributed by atoms with Crippen LogP contribution in [0.15, 0.2) is 41.6 Å². The van der Waals surface area contributed by atoms with E-state index in [1.165, 1.54) is 42.4 Å². The van der Waals surface area contributed by atoms with Crippen molar-refractivity contribution in [2.75, 3.05) is 7.11 Å². The molecule has 0 N–H and O–H groups in total. The van der Waals surface area contributed by atoms with Crippen LogP contribution in [-0.2, 0) is 11.3 Å². The molecule has 1 aromatic heterocycles. The smallest absolute Gasteiger partial charge is 0.340 e. The highest BCUT2D eigenvalue weighted by molar-refractivity contribution is 5.89. The van der Waals surface area contributed by atoms with Crippen molar-refractivity contribution in [3.8, 4) is 0 Å². The molecule has 1 aromatic carbocycles. The minimum Gasteiger partial charge on any atom is -0.465 e. The summed E-state index contributed by atoms with van der Waals surface area (Å²) in [5, 5.41) is 0. The Balaban J connectivity index is 2.29. The molecule has 0 radical (unpaired) electrons. The summed E-state index contributed by atoms with van der Waals surface area (Å²) in [4.78, 5) is 26.4. The van der Waals surface area contributed by atoms with Crippen molar-refractivity contribution in [3.63, 3.8) is 0 Å². The summed E-state index contributed by atoms with van der Waals surface area (Å²) < 4.78 is 19.5. The highest BCUT2D eigenvalue weighted by Crippen LogP contribution is 2.12. The van der Waals surface area contributed by atoms with Crippen molar-refractivity contribution in [2.45, 2.75) is 6.54 Å². The van der Waals surface area contributed by atoms with Crippen molar-refractivity contribution in [1.29, 1.82) is 0 Å². The molecular formula is C13H11FN2O3. The summed E-state index contributed by atoms with van der Waals surface area (Å²) in [6.07, 6.45) is 4.16. The molecular weight excluding hydrogens is 251 g/mol. The Bertz CT molecular complexity index is 667. The molecule has 5 nitrogen and oxygen atoms in total. The number of nitrogens with zero attached hydrogens (tertiary/aromatic N) is 2. The first-order chi connectivity index (χ1) is 9.11. The zero-order valence-electron chi connectivity index (χ0n) is 10.2. The first-order valence-electron chi connectivity index (χ1n) is 5.49. The Morgan fingerprint density at radius 2 is 2.26 bits per heavy atom. The number of rotatable bonds is 3. The van der Waals surface area contributed by atoms with E-state index in [-0.39, 0.29) is 17.7 Å². The minimum atomic E-state index is -0.731. The first-order valence-corrected chi connectivity index (χ1v) is 5.49. The van der Waals surface area contributed by atoms with E-state index in [9.17, 15) is 14.0 Å². The van der Waals surface area contributed by atoms with Crippen LogP contribution in [0.5, 0.6) is 0 Å². The van der Waals surface area contributed by atoms with Gasteiger partial charge < -0.3 is 9.30 Å². The summed E-state index contributed by atoms with van der Waals surface area (Å²) in [5.41, 5.74) is 0.159. The van der Waals surface area contributed by atoms with Crippen molar-refractivity contribution >= 4 is 5.97 Å². The second kappa shape index (κ2) is 5.43. The first kappa shape index (κ1) is 12.9. The van der Waals surface area contributed by atoms with Crippen molar-refractivity contribution in [2.24, 2.45) is 0 Å². The second-order valence-corrected chi connectivity index (χ2v) is 3.85. The third kappa shape index (κ3) is 2.85. The van der Waals surface area contributed by atoms with Crippen molar-refractivity contribution < 1.29 is 13.9 Å². The number of carbonyl (C=O) groups excluding carboxylic acids is 1. The highest BCUT2D eigenvalue weighted by Gasteiger charge is 2.12. The van der Waals surface area contributed by atoms with Gasteiger partial charge in [-0.3, -0.25) is 9.78 Å². The van der Waals surface area contributed by atoms with Gasteiger partial charge >= 0.3 is 5.97 Å². The largest absolute Gasteiger partial charge is 0.465 e. The van der Waals surface area contributed by atoms with Gasteiger partial charge in [-0.25, -0.2) is 9.18 Å². The molecule has 0 aliphatic rings. The van der Waals surface area contributed by atoms with Crippen LogP contribution in [0.25, 0.3) is 0 Å². The number of hydrogen-bond acceptors (Lipinski definition) is 4. The molecule has 0 unspecified atom stereocenters. The van der Waals surface area contributed by atoms with E-state index in [0.717, 1.165) is 0 Å². The quantitative estimate of drug-likeness (QED) is 0.780. The van der Waals surface area contributed by atoms with Gasteiger partial charge in [-0.2, -0.15) is 0 Å². The Morgan fingerprint density at radius 3 is 2.89 bits per heavy atom. The molecule has 0 atom stereocenters. The number of methoxy groups -OCH3 is 1. The molecule has 0 bridgehead atoms. The molecule has 6 heteroatoms. The van der Waals surface area contributed by atoms with Crippen LogP contribution in [0.2, 0.25) is 0 Å². The van der Waals surface area contributed by atoms with Crippen LogP contribution in [0.3, 0.4) is 0 Å². The van der Waals surface area contributed by atoms with Gasteiger partial charge in [-0.05, 0) is 17.7 Å². The maximum absolute atomic E-state index is 13.7. The number of aromatic nitrogens is 2. The van der Waals surface area contributed by atoms with E-state index in [2.05, 4.69) is 9.72 Å². The fraction of sp³-hybridized carbons (Fsp3) is 0.154. The van der Waals surface area contributed by atoms with Crippen LogP contribution in [0, 0.1) is 5.82 Å². The van der Waals surface area contributed by atoms with Gasteiger partial charge in [0.2, 0.25) is 0 Å². The molecule has 1 heterocycles. The monoisotopic (exact) mass is 262 g/mol. The van der Waals surface area contributed by atoms with Crippen molar-refractivity contribution in [3.05, 3.63) is 64.1 Å². The zero-order chi connectivity index (χ0) is 13.8. The molecule has 0 saturated carbocycles. The van der Waals surface area contributed by atoms with Gasteiger partial charge in [0.25, 0.3) is 5.56 Å². The predicted octanol–water partition coefficient (Wildman–Crippen LogP) is 1.22. The molecule has 0 aliphatic heterocycles. The predicted molar refractivity (Wildman–Crippen MR) is 65.3 cm³/mol. The van der Waals surface area contributed by atoms with E-state index in [4.69, 9.17) is 0 Å². The maximum Gasteiger partial charge on any atom is 0.340 e. The van der Waals surface area contributed by atoms with Gasteiger partial charge in [-0.15, -0.1) is 0 Å². The number of carbonyl (C=O) groups is 1. The molecule has 0 fully saturated rings. The molecule has 19 heavy (non-hydrogen) atoms. The number of benzene rings is 1. The minimum absolute atomic E-state index is 0.131. The molecule has 0 spiro atoms. The number of hydrogen-bond donors (Lipinski definition) is 0. The fourth-order valence-corrected chi connectivity index (χ4v) is 1.63. The Labute approximate surface area is 108 Å². The van der Waals surface area contributed by atoms with Gasteiger partial charge in [0.05, 0.1) is 25.4 Å². The molecule has 2 rings (SSSR count). The van der Waals surface area contributed by atoms with Crippen LogP contribution in [0.4, 0.5) is 4.39 Å². The number of halogens is 1. The normalized spacial score (nSPS) is 10.2. The Morgan fingerprint density at radius 1 is 1.47 bits per heavy atom. The third-order valence-corrected chi connectivity index (χ3v) is 2.59. The summed E-state index contributed by atoms with van der Waals surface area (Å²) in [6, 6.07) is 4.12. The lowest BCUT2D eigenvalue weighted by Crippen LogP contribution is -2.19. The topological polar surface area (TPSA) is 61.2 Å². The summed E-state index contributed by atoms with van der Waals surface area (Å²) in [5.74, 6) is -1.41. The van der Waals surface area contributed by atoms with Gasteiger partial charge in [0.15, 0.2) is 0 Å². The van der Waals surface area contributed by atoms with Gasteiger partial charge in [-0.1, -0.05) is 6.07 Å². The number of ether oxygens (including phenoxy) is 1. The molecule has 0 amide bonds.